The third-order valence-electron chi connectivity index (χ3n) is 14.5. The summed E-state index contributed by atoms with van der Waals surface area (Å²) in [5, 5.41) is 7.15. The fraction of sp³-hybridized carbons (Fsp3) is 0.0746. The Morgan fingerprint density at radius 2 is 1.10 bits per heavy atom. The van der Waals surface area contributed by atoms with E-state index in [4.69, 9.17) is 9.15 Å². The summed E-state index contributed by atoms with van der Waals surface area (Å²) in [6.07, 6.45) is 7.85. The van der Waals surface area contributed by atoms with Gasteiger partial charge in [0, 0.05) is 27.3 Å². The van der Waals surface area contributed by atoms with Crippen LogP contribution in [0.2, 0.25) is 0 Å². The third kappa shape index (κ3) is 7.00. The molecule has 0 N–H and O–H groups in total. The summed E-state index contributed by atoms with van der Waals surface area (Å²) in [4.78, 5) is 4.89. The number of nitrogens with zero attached hydrogens (tertiary/aromatic N) is 2. The molecule has 0 atom stereocenters. The predicted molar refractivity (Wildman–Crippen MR) is 296 cm³/mol. The molecular weight excluding hydrogens is 865 g/mol. The van der Waals surface area contributed by atoms with E-state index in [2.05, 4.69) is 236 Å². The summed E-state index contributed by atoms with van der Waals surface area (Å²) >= 11 is 0. The van der Waals surface area contributed by atoms with E-state index in [-0.39, 0.29) is 0 Å². The number of fused-ring (bicyclic) bond motifs is 3. The zero-order chi connectivity index (χ0) is 47.6. The van der Waals surface area contributed by atoms with E-state index in [9.17, 15) is 0 Å². The van der Waals surface area contributed by atoms with Crippen LogP contribution >= 0.6 is 0 Å². The van der Waals surface area contributed by atoms with E-state index in [1.165, 1.54) is 32.7 Å². The van der Waals surface area contributed by atoms with Crippen LogP contribution in [0, 0.1) is 20.8 Å². The maximum absolute atomic E-state index is 7.04. The number of furan rings is 1. The third-order valence-corrected chi connectivity index (χ3v) is 14.5. The molecule has 4 nitrogen and oxygen atoms in total. The molecule has 11 aromatic rings. The maximum Gasteiger partial charge on any atom is 0.159 e. The summed E-state index contributed by atoms with van der Waals surface area (Å²) < 4.78 is 14.0. The van der Waals surface area contributed by atoms with Crippen LogP contribution in [0.25, 0.3) is 60.2 Å². The molecule has 10 aromatic carbocycles. The van der Waals surface area contributed by atoms with Crippen LogP contribution in [0.4, 0.5) is 34.1 Å². The highest BCUT2D eigenvalue weighted by Gasteiger charge is 2.30. The molecular formula is C67H48N2O2. The van der Waals surface area contributed by atoms with Gasteiger partial charge in [0.25, 0.3) is 0 Å². The highest BCUT2D eigenvalue weighted by Crippen LogP contribution is 2.53. The van der Waals surface area contributed by atoms with Gasteiger partial charge in [-0.05, 0) is 149 Å². The molecule has 0 unspecified atom stereocenters. The Morgan fingerprint density at radius 1 is 0.451 bits per heavy atom. The van der Waals surface area contributed by atoms with Crippen molar-refractivity contribution in [3.05, 3.63) is 257 Å². The van der Waals surface area contributed by atoms with E-state index in [1.807, 2.05) is 18.2 Å². The van der Waals surface area contributed by atoms with E-state index < -0.39 is 0 Å². The fourth-order valence-electron chi connectivity index (χ4n) is 11.1. The van der Waals surface area contributed by atoms with Gasteiger partial charge in [0.15, 0.2) is 11.3 Å². The minimum absolute atomic E-state index is 0.816. The number of allylic oxidation sites excluding steroid dienone is 4. The lowest BCUT2D eigenvalue weighted by Crippen LogP contribution is -2.17. The Kier molecular flexibility index (Phi) is 10.2. The van der Waals surface area contributed by atoms with Crippen molar-refractivity contribution in [1.29, 1.82) is 0 Å². The van der Waals surface area contributed by atoms with Crippen molar-refractivity contribution in [3.63, 3.8) is 0 Å². The molecule has 13 rings (SSSR count). The number of benzene rings is 10. The average molecular weight is 913 g/mol. The molecule has 1 aromatic heterocycles. The number of hydrogen-bond acceptors (Lipinski definition) is 4. The zero-order valence-corrected chi connectivity index (χ0v) is 39.8. The van der Waals surface area contributed by atoms with Crippen molar-refractivity contribution in [1.82, 2.24) is 0 Å². The van der Waals surface area contributed by atoms with Crippen LogP contribution in [0.15, 0.2) is 228 Å². The van der Waals surface area contributed by atoms with Crippen molar-refractivity contribution in [2.45, 2.75) is 33.6 Å². The predicted octanol–water partition coefficient (Wildman–Crippen LogP) is 18.6. The largest absolute Gasteiger partial charge is 0.455 e. The van der Waals surface area contributed by atoms with Crippen LogP contribution in [0.1, 0.15) is 33.4 Å². The topological polar surface area (TPSA) is 28.9 Å². The molecule has 338 valence electrons. The van der Waals surface area contributed by atoms with Crippen molar-refractivity contribution in [2.24, 2.45) is 0 Å². The van der Waals surface area contributed by atoms with Crippen LogP contribution < -0.4 is 14.5 Å². The van der Waals surface area contributed by atoms with Crippen LogP contribution in [-0.4, -0.2) is 0 Å². The number of aryl methyl sites for hydroxylation is 5. The van der Waals surface area contributed by atoms with Gasteiger partial charge < -0.3 is 19.0 Å². The SMILES string of the molecule is Cc1ccccc1Oc1c(C)cccc1N(c1ccccc1-c1ccccc1)c1ccc2c3c1ccc1ccc(N(c4ccccc4C4=CC=C=C=C4)c4cccc5c4oc4c(C)cccc45)c(c13)CC2. The summed E-state index contributed by atoms with van der Waals surface area (Å²) in [6, 6.07) is 70.0. The molecule has 0 radical (unpaired) electrons. The normalized spacial score (nSPS) is 12.6. The maximum atomic E-state index is 7.04. The van der Waals surface area contributed by atoms with Crippen molar-refractivity contribution in [2.75, 3.05) is 9.80 Å². The van der Waals surface area contributed by atoms with Crippen molar-refractivity contribution in [3.8, 4) is 22.6 Å². The Labute approximate surface area is 413 Å². The highest BCUT2D eigenvalue weighted by molar-refractivity contribution is 6.19. The van der Waals surface area contributed by atoms with Gasteiger partial charge in [0.2, 0.25) is 0 Å². The first-order valence-corrected chi connectivity index (χ1v) is 24.5. The van der Waals surface area contributed by atoms with Gasteiger partial charge in [-0.15, -0.1) is 0 Å². The molecule has 0 aliphatic heterocycles. The lowest BCUT2D eigenvalue weighted by Gasteiger charge is -2.33. The van der Waals surface area contributed by atoms with Crippen LogP contribution in [-0.2, 0) is 12.8 Å². The Hall–Kier alpha value is -9.04. The molecule has 0 saturated carbocycles. The lowest BCUT2D eigenvalue weighted by atomic mass is 9.84. The summed E-state index contributed by atoms with van der Waals surface area (Å²) in [6.45, 7) is 6.38. The van der Waals surface area contributed by atoms with Gasteiger partial charge in [-0.25, -0.2) is 0 Å². The quantitative estimate of drug-likeness (QED) is 0.101. The summed E-state index contributed by atoms with van der Waals surface area (Å²) in [5.74, 6) is 1.65. The number of ether oxygens (including phenoxy) is 1. The van der Waals surface area contributed by atoms with Crippen molar-refractivity contribution >= 4 is 83.2 Å². The smallest absolute Gasteiger partial charge is 0.159 e. The molecule has 2 aliphatic carbocycles. The second kappa shape index (κ2) is 17.2. The Bertz CT molecular complexity index is 4100. The van der Waals surface area contributed by atoms with E-state index in [0.29, 0.717) is 0 Å². The number of para-hydroxylation sites is 6. The second-order valence-corrected chi connectivity index (χ2v) is 18.7. The minimum Gasteiger partial charge on any atom is -0.455 e. The molecule has 1 heterocycles. The van der Waals surface area contributed by atoms with Crippen LogP contribution in [0.5, 0.6) is 11.5 Å². The highest BCUT2D eigenvalue weighted by atomic mass is 16.5. The first kappa shape index (κ1) is 42.1. The standard InChI is InChI=1S/C67H48N2O2/c1-43-19-10-15-34-62(43)70-66-45(3)21-17-32-60(66)68(56-30-13-11-26-50(56)46-22-6-4-7-23-46)58-41-37-48-36-40-55-59(42-38-49-35-39-54(58)63(48)64(49)55)69(57-31-14-12-27-51(57)47-24-8-5-9-25-47)61-33-18-29-53-52-28-16-20-44(2)65(52)71-67(53)61/h4,6-8,10-35,37-39,41-42H,36,40H2,1-3H3. The Balaban J connectivity index is 1.09. The van der Waals surface area contributed by atoms with Gasteiger partial charge in [-0.1, -0.05) is 163 Å². The van der Waals surface area contributed by atoms with E-state index in [1.54, 1.807) is 0 Å². The molecule has 2 aliphatic rings. The zero-order valence-electron chi connectivity index (χ0n) is 39.8. The minimum atomic E-state index is 0.816. The van der Waals surface area contributed by atoms with Crippen molar-refractivity contribution < 1.29 is 9.15 Å². The number of hydrogen-bond donors (Lipinski definition) is 0. The lowest BCUT2D eigenvalue weighted by molar-refractivity contribution is 0.476. The monoisotopic (exact) mass is 912 g/mol. The molecule has 0 fully saturated rings. The van der Waals surface area contributed by atoms with Gasteiger partial charge >= 0.3 is 0 Å². The first-order valence-electron chi connectivity index (χ1n) is 24.5. The van der Waals surface area contributed by atoms with Gasteiger partial charge in [0.05, 0.1) is 34.1 Å². The summed E-state index contributed by atoms with van der Waals surface area (Å²) in [7, 11) is 0. The van der Waals surface area contributed by atoms with E-state index >= 15 is 0 Å². The van der Waals surface area contributed by atoms with E-state index in [0.717, 1.165) is 119 Å². The molecule has 4 heteroatoms. The average Bonchev–Trinajstić information content (AvgIpc) is 3.82. The van der Waals surface area contributed by atoms with Gasteiger partial charge in [-0.3, -0.25) is 0 Å². The molecule has 0 spiro atoms. The Morgan fingerprint density at radius 3 is 1.93 bits per heavy atom. The number of rotatable bonds is 10. The summed E-state index contributed by atoms with van der Waals surface area (Å²) in [5.41, 5.74) is 24.7. The second-order valence-electron chi connectivity index (χ2n) is 18.7. The van der Waals surface area contributed by atoms with Gasteiger partial charge in [-0.2, -0.15) is 0 Å². The van der Waals surface area contributed by atoms with Gasteiger partial charge in [0.1, 0.15) is 11.3 Å². The molecule has 71 heavy (non-hydrogen) atoms. The molecule has 0 saturated heterocycles. The number of anilines is 6. The van der Waals surface area contributed by atoms with Crippen LogP contribution in [0.3, 0.4) is 0 Å². The fourth-order valence-corrected chi connectivity index (χ4v) is 11.1. The molecule has 0 amide bonds. The first-order chi connectivity index (χ1) is 35.0. The molecule has 0 bridgehead atoms.